The Bertz CT molecular complexity index is 530. The van der Waals surface area contributed by atoms with Gasteiger partial charge in [-0.05, 0) is 38.0 Å². The summed E-state index contributed by atoms with van der Waals surface area (Å²) < 4.78 is 15.7. The highest BCUT2D eigenvalue weighted by atomic mass is 16.5. The quantitative estimate of drug-likeness (QED) is 0.707. The van der Waals surface area contributed by atoms with Crippen molar-refractivity contribution in [2.75, 3.05) is 20.3 Å². The second kappa shape index (κ2) is 9.71. The van der Waals surface area contributed by atoms with Crippen LogP contribution in [-0.2, 0) is 9.53 Å². The normalized spacial score (nSPS) is 11.5. The fourth-order valence-corrected chi connectivity index (χ4v) is 1.76. The molecule has 6 heteroatoms. The lowest BCUT2D eigenvalue weighted by atomic mass is 10.2. The Labute approximate surface area is 137 Å². The zero-order chi connectivity index (χ0) is 17.2. The Morgan fingerprint density at radius 1 is 1.22 bits per heavy atom. The number of hydrogen-bond donors (Lipinski definition) is 1. The molecule has 0 saturated carbocycles. The average molecular weight is 323 g/mol. The number of hydrogen-bond acceptors (Lipinski definition) is 5. The van der Waals surface area contributed by atoms with E-state index in [0.29, 0.717) is 23.7 Å². The van der Waals surface area contributed by atoms with Gasteiger partial charge >= 0.3 is 5.97 Å². The lowest BCUT2D eigenvalue weighted by Gasteiger charge is -2.13. The van der Waals surface area contributed by atoms with Crippen LogP contribution in [0.2, 0.25) is 0 Å². The van der Waals surface area contributed by atoms with E-state index in [1.807, 2.05) is 20.8 Å². The first-order valence-corrected chi connectivity index (χ1v) is 7.79. The molecular formula is C17H25NO5. The zero-order valence-electron chi connectivity index (χ0n) is 14.2. The van der Waals surface area contributed by atoms with Crippen LogP contribution >= 0.6 is 0 Å². The molecule has 0 aliphatic heterocycles. The van der Waals surface area contributed by atoms with Gasteiger partial charge < -0.3 is 19.5 Å². The molecule has 128 valence electrons. The third-order valence-electron chi connectivity index (χ3n) is 3.22. The van der Waals surface area contributed by atoms with Crippen molar-refractivity contribution in [1.29, 1.82) is 0 Å². The molecule has 0 aliphatic rings. The minimum absolute atomic E-state index is 0.0521. The maximum atomic E-state index is 12.0. The Kier molecular flexibility index (Phi) is 7.94. The van der Waals surface area contributed by atoms with E-state index in [2.05, 4.69) is 5.32 Å². The van der Waals surface area contributed by atoms with Gasteiger partial charge in [0.05, 0.1) is 19.3 Å². The minimum atomic E-state index is -0.579. The smallest absolute Gasteiger partial charge is 0.338 e. The van der Waals surface area contributed by atoms with Gasteiger partial charge in [-0.3, -0.25) is 4.79 Å². The van der Waals surface area contributed by atoms with Gasteiger partial charge in [0.2, 0.25) is 0 Å². The molecule has 0 radical (unpaired) electrons. The van der Waals surface area contributed by atoms with Gasteiger partial charge in [-0.25, -0.2) is 4.79 Å². The van der Waals surface area contributed by atoms with Gasteiger partial charge in [-0.1, -0.05) is 13.8 Å². The number of rotatable bonds is 9. The number of amides is 1. The monoisotopic (exact) mass is 323 g/mol. The van der Waals surface area contributed by atoms with Crippen molar-refractivity contribution in [1.82, 2.24) is 5.32 Å². The van der Waals surface area contributed by atoms with E-state index in [9.17, 15) is 9.59 Å². The van der Waals surface area contributed by atoms with E-state index in [1.54, 1.807) is 18.2 Å². The second-order valence-corrected chi connectivity index (χ2v) is 5.17. The predicted octanol–water partition coefficient (Wildman–Crippen LogP) is 2.56. The molecule has 1 rings (SSSR count). The summed E-state index contributed by atoms with van der Waals surface area (Å²) in [5.41, 5.74) is 0.307. The summed E-state index contributed by atoms with van der Waals surface area (Å²) in [6.07, 6.45) is 1.69. The van der Waals surface area contributed by atoms with Crippen LogP contribution < -0.4 is 14.8 Å². The van der Waals surface area contributed by atoms with Crippen molar-refractivity contribution in [3.8, 4) is 11.5 Å². The Hall–Kier alpha value is -2.24. The van der Waals surface area contributed by atoms with E-state index in [1.165, 1.54) is 7.11 Å². The Morgan fingerprint density at radius 3 is 2.57 bits per heavy atom. The fourth-order valence-electron chi connectivity index (χ4n) is 1.76. The first-order valence-electron chi connectivity index (χ1n) is 7.79. The van der Waals surface area contributed by atoms with Crippen LogP contribution in [0.5, 0.6) is 11.5 Å². The molecule has 0 aromatic heterocycles. The van der Waals surface area contributed by atoms with Gasteiger partial charge in [-0.15, -0.1) is 0 Å². The average Bonchev–Trinajstić information content (AvgIpc) is 2.57. The van der Waals surface area contributed by atoms with Crippen molar-refractivity contribution in [2.24, 2.45) is 0 Å². The number of benzene rings is 1. The molecule has 0 heterocycles. The van der Waals surface area contributed by atoms with Crippen molar-refractivity contribution >= 4 is 11.9 Å². The summed E-state index contributed by atoms with van der Waals surface area (Å²) >= 11 is 0. The van der Waals surface area contributed by atoms with Gasteiger partial charge in [0.1, 0.15) is 0 Å². The van der Waals surface area contributed by atoms with Crippen LogP contribution in [0, 0.1) is 0 Å². The Morgan fingerprint density at radius 2 is 1.96 bits per heavy atom. The second-order valence-electron chi connectivity index (χ2n) is 5.17. The summed E-state index contributed by atoms with van der Waals surface area (Å²) in [5, 5.41) is 2.73. The predicted molar refractivity (Wildman–Crippen MR) is 87.0 cm³/mol. The van der Waals surface area contributed by atoms with Crippen molar-refractivity contribution in [3.05, 3.63) is 23.8 Å². The highest BCUT2D eigenvalue weighted by Gasteiger charge is 2.14. The zero-order valence-corrected chi connectivity index (χ0v) is 14.2. The maximum Gasteiger partial charge on any atom is 0.338 e. The van der Waals surface area contributed by atoms with E-state index in [0.717, 1.165) is 12.8 Å². The van der Waals surface area contributed by atoms with E-state index >= 15 is 0 Å². The van der Waals surface area contributed by atoms with E-state index in [4.69, 9.17) is 14.2 Å². The number of esters is 1. The highest BCUT2D eigenvalue weighted by molar-refractivity contribution is 5.92. The van der Waals surface area contributed by atoms with Crippen molar-refractivity contribution in [3.63, 3.8) is 0 Å². The molecule has 23 heavy (non-hydrogen) atoms. The summed E-state index contributed by atoms with van der Waals surface area (Å²) in [6, 6.07) is 4.84. The van der Waals surface area contributed by atoms with Crippen LogP contribution in [0.15, 0.2) is 18.2 Å². The van der Waals surface area contributed by atoms with E-state index in [-0.39, 0.29) is 18.6 Å². The SMILES string of the molecule is CCCOc1ccc(C(=O)OCC(=O)N[C@@H](C)CC)cc1OC. The molecule has 1 aromatic carbocycles. The third-order valence-corrected chi connectivity index (χ3v) is 3.22. The fraction of sp³-hybridized carbons (Fsp3) is 0.529. The van der Waals surface area contributed by atoms with Crippen LogP contribution in [0.1, 0.15) is 44.0 Å². The lowest BCUT2D eigenvalue weighted by Crippen LogP contribution is -2.35. The third kappa shape index (κ3) is 6.18. The number of methoxy groups -OCH3 is 1. The highest BCUT2D eigenvalue weighted by Crippen LogP contribution is 2.28. The van der Waals surface area contributed by atoms with Gasteiger partial charge in [0.25, 0.3) is 5.91 Å². The lowest BCUT2D eigenvalue weighted by molar-refractivity contribution is -0.124. The molecule has 0 bridgehead atoms. The summed E-state index contributed by atoms with van der Waals surface area (Å²) in [7, 11) is 1.50. The van der Waals surface area contributed by atoms with Crippen LogP contribution in [0.3, 0.4) is 0 Å². The molecule has 1 amide bonds. The van der Waals surface area contributed by atoms with E-state index < -0.39 is 5.97 Å². The van der Waals surface area contributed by atoms with Gasteiger partial charge in [-0.2, -0.15) is 0 Å². The number of carbonyl (C=O) groups is 2. The maximum absolute atomic E-state index is 12.0. The standard InChI is InChI=1S/C17H25NO5/c1-5-9-22-14-8-7-13(10-15(14)21-4)17(20)23-11-16(19)18-12(3)6-2/h7-8,10,12H,5-6,9,11H2,1-4H3,(H,18,19)/t12-/m0/s1. The molecule has 6 nitrogen and oxygen atoms in total. The molecule has 1 aromatic rings. The first kappa shape index (κ1) is 18.8. The van der Waals surface area contributed by atoms with Crippen LogP contribution in [0.25, 0.3) is 0 Å². The van der Waals surface area contributed by atoms with Gasteiger partial charge in [0, 0.05) is 6.04 Å². The summed E-state index contributed by atoms with van der Waals surface area (Å²) in [5.74, 6) is 0.129. The van der Waals surface area contributed by atoms with Crippen LogP contribution in [0.4, 0.5) is 0 Å². The molecule has 1 N–H and O–H groups in total. The molecule has 0 aliphatic carbocycles. The number of carbonyl (C=O) groups excluding carboxylic acids is 2. The van der Waals surface area contributed by atoms with Crippen LogP contribution in [-0.4, -0.2) is 38.2 Å². The summed E-state index contributed by atoms with van der Waals surface area (Å²) in [4.78, 5) is 23.6. The largest absolute Gasteiger partial charge is 0.493 e. The molecule has 0 fully saturated rings. The molecule has 0 saturated heterocycles. The topological polar surface area (TPSA) is 73.9 Å². The summed E-state index contributed by atoms with van der Waals surface area (Å²) in [6.45, 7) is 6.11. The van der Waals surface area contributed by atoms with Gasteiger partial charge in [0.15, 0.2) is 18.1 Å². The molecule has 0 spiro atoms. The first-order chi connectivity index (χ1) is 11.0. The molecule has 0 unspecified atom stereocenters. The molecule has 1 atom stereocenters. The Balaban J connectivity index is 2.64. The van der Waals surface area contributed by atoms with Crippen molar-refractivity contribution in [2.45, 2.75) is 39.7 Å². The molecular weight excluding hydrogens is 298 g/mol. The minimum Gasteiger partial charge on any atom is -0.493 e. The van der Waals surface area contributed by atoms with Crippen molar-refractivity contribution < 1.29 is 23.8 Å². The number of ether oxygens (including phenoxy) is 3. The number of nitrogens with one attached hydrogen (secondary N) is 1.